The average Bonchev–Trinajstić information content (AvgIpc) is 3.05. The van der Waals surface area contributed by atoms with E-state index in [-0.39, 0.29) is 22.6 Å². The average molecular weight is 293 g/mol. The minimum Gasteiger partial charge on any atom is -0.393 e. The van der Waals surface area contributed by atoms with Crippen molar-refractivity contribution in [3.05, 3.63) is 27.8 Å². The number of anilines is 1. The molecule has 1 fully saturated rings. The van der Waals surface area contributed by atoms with E-state index in [2.05, 4.69) is 4.98 Å². The van der Waals surface area contributed by atoms with E-state index < -0.39 is 0 Å². The molecular formula is C13H15N3O3S. The molecule has 0 radical (unpaired) electrons. The van der Waals surface area contributed by atoms with E-state index in [1.807, 2.05) is 11.0 Å². The van der Waals surface area contributed by atoms with Crippen molar-refractivity contribution < 1.29 is 10.0 Å². The number of nitrogens with zero attached hydrogens (tertiary/aromatic N) is 3. The van der Waals surface area contributed by atoms with Gasteiger partial charge in [0.2, 0.25) is 0 Å². The summed E-state index contributed by atoms with van der Waals surface area (Å²) in [7, 11) is 0. The van der Waals surface area contributed by atoms with E-state index in [9.17, 15) is 15.2 Å². The summed E-state index contributed by atoms with van der Waals surface area (Å²) in [4.78, 5) is 17.2. The van der Waals surface area contributed by atoms with Gasteiger partial charge in [0.1, 0.15) is 5.69 Å². The number of aliphatic hydroxyl groups is 1. The van der Waals surface area contributed by atoms with Crippen LogP contribution in [0.15, 0.2) is 17.6 Å². The fraction of sp³-hybridized carbons (Fsp3) is 0.462. The van der Waals surface area contributed by atoms with Gasteiger partial charge in [-0.1, -0.05) is 0 Å². The topological polar surface area (TPSA) is 79.5 Å². The van der Waals surface area contributed by atoms with E-state index in [1.54, 1.807) is 18.5 Å². The van der Waals surface area contributed by atoms with Crippen molar-refractivity contribution >= 4 is 32.9 Å². The van der Waals surface area contributed by atoms with Crippen molar-refractivity contribution in [2.45, 2.75) is 19.4 Å². The Labute approximate surface area is 119 Å². The van der Waals surface area contributed by atoms with Gasteiger partial charge >= 0.3 is 5.69 Å². The molecule has 3 rings (SSSR count). The van der Waals surface area contributed by atoms with Crippen LogP contribution in [-0.4, -0.2) is 34.2 Å². The first-order valence-corrected chi connectivity index (χ1v) is 7.39. The van der Waals surface area contributed by atoms with Crippen molar-refractivity contribution in [3.63, 3.8) is 0 Å². The lowest BCUT2D eigenvalue weighted by Crippen LogP contribution is -2.24. The Morgan fingerprint density at radius 3 is 3.05 bits per heavy atom. The summed E-state index contributed by atoms with van der Waals surface area (Å²) in [5.74, 6) is 0.167. The van der Waals surface area contributed by atoms with Gasteiger partial charge in [0.15, 0.2) is 5.52 Å². The summed E-state index contributed by atoms with van der Waals surface area (Å²) >= 11 is 1.40. The molecule has 1 aliphatic heterocycles. The fourth-order valence-corrected chi connectivity index (χ4v) is 3.42. The van der Waals surface area contributed by atoms with E-state index in [1.165, 1.54) is 11.3 Å². The van der Waals surface area contributed by atoms with Crippen molar-refractivity contribution in [1.82, 2.24) is 4.98 Å². The molecule has 2 aromatic rings. The molecule has 106 valence electrons. The third-order valence-electron chi connectivity index (χ3n) is 3.88. The van der Waals surface area contributed by atoms with Gasteiger partial charge in [-0.15, -0.1) is 11.3 Å². The number of hydrogen-bond donors (Lipinski definition) is 1. The second-order valence-corrected chi connectivity index (χ2v) is 6.01. The van der Waals surface area contributed by atoms with Crippen LogP contribution in [0, 0.1) is 16.0 Å². The van der Waals surface area contributed by atoms with E-state index in [0.29, 0.717) is 17.7 Å². The van der Waals surface area contributed by atoms with Crippen LogP contribution in [0.25, 0.3) is 10.2 Å². The number of aromatic nitrogens is 1. The molecule has 0 saturated carbocycles. The number of benzene rings is 1. The highest BCUT2D eigenvalue weighted by Gasteiger charge is 2.31. The SMILES string of the molecule is CC(O)C1CCN(c2ccc3scnc3c2[N+](=O)[O-])C1. The molecule has 0 bridgehead atoms. The minimum atomic E-state index is -0.387. The highest BCUT2D eigenvalue weighted by Crippen LogP contribution is 2.38. The Morgan fingerprint density at radius 1 is 1.60 bits per heavy atom. The molecule has 6 nitrogen and oxygen atoms in total. The molecule has 2 unspecified atom stereocenters. The summed E-state index contributed by atoms with van der Waals surface area (Å²) in [5, 5.41) is 21.1. The minimum absolute atomic E-state index is 0.0787. The summed E-state index contributed by atoms with van der Waals surface area (Å²) in [5.41, 5.74) is 2.77. The molecule has 0 amide bonds. The number of thiazole rings is 1. The smallest absolute Gasteiger partial charge is 0.319 e. The number of nitro benzene ring substituents is 1. The van der Waals surface area contributed by atoms with Crippen molar-refractivity contribution in [2.24, 2.45) is 5.92 Å². The van der Waals surface area contributed by atoms with Crippen LogP contribution in [0.3, 0.4) is 0 Å². The lowest BCUT2D eigenvalue weighted by Gasteiger charge is -2.19. The molecule has 1 saturated heterocycles. The van der Waals surface area contributed by atoms with Gasteiger partial charge in [-0.3, -0.25) is 10.1 Å². The Balaban J connectivity index is 2.03. The largest absolute Gasteiger partial charge is 0.393 e. The monoisotopic (exact) mass is 293 g/mol. The van der Waals surface area contributed by atoms with Crippen LogP contribution < -0.4 is 4.90 Å². The maximum atomic E-state index is 11.4. The molecule has 2 atom stereocenters. The summed E-state index contributed by atoms with van der Waals surface area (Å²) in [6.07, 6.45) is 0.464. The zero-order valence-electron chi connectivity index (χ0n) is 11.0. The zero-order chi connectivity index (χ0) is 14.3. The van der Waals surface area contributed by atoms with E-state index in [4.69, 9.17) is 0 Å². The van der Waals surface area contributed by atoms with Crippen LogP contribution in [0.4, 0.5) is 11.4 Å². The Bertz CT molecular complexity index is 655. The molecule has 0 spiro atoms. The third kappa shape index (κ3) is 2.12. The molecular weight excluding hydrogens is 278 g/mol. The summed E-state index contributed by atoms with van der Waals surface area (Å²) in [6.45, 7) is 3.15. The first-order valence-electron chi connectivity index (χ1n) is 6.51. The lowest BCUT2D eigenvalue weighted by atomic mass is 10.0. The van der Waals surface area contributed by atoms with Gasteiger partial charge in [0.25, 0.3) is 0 Å². The van der Waals surface area contributed by atoms with Crippen LogP contribution in [-0.2, 0) is 0 Å². The zero-order valence-corrected chi connectivity index (χ0v) is 11.8. The number of rotatable bonds is 3. The fourth-order valence-electron chi connectivity index (χ4n) is 2.74. The number of aliphatic hydroxyl groups excluding tert-OH is 1. The summed E-state index contributed by atoms with van der Waals surface area (Å²) in [6, 6.07) is 3.67. The molecule has 2 heterocycles. The number of fused-ring (bicyclic) bond motifs is 1. The molecule has 1 aliphatic rings. The van der Waals surface area contributed by atoms with E-state index >= 15 is 0 Å². The van der Waals surface area contributed by atoms with Gasteiger partial charge < -0.3 is 10.0 Å². The van der Waals surface area contributed by atoms with Gasteiger partial charge in [-0.2, -0.15) is 0 Å². The van der Waals surface area contributed by atoms with Gasteiger partial charge in [-0.05, 0) is 25.5 Å². The second-order valence-electron chi connectivity index (χ2n) is 5.12. The predicted octanol–water partition coefficient (Wildman–Crippen LogP) is 2.41. The van der Waals surface area contributed by atoms with Crippen LogP contribution in [0.5, 0.6) is 0 Å². The van der Waals surface area contributed by atoms with Crippen LogP contribution >= 0.6 is 11.3 Å². The highest BCUT2D eigenvalue weighted by molar-refractivity contribution is 7.16. The van der Waals surface area contributed by atoms with E-state index in [0.717, 1.165) is 17.7 Å². The first-order chi connectivity index (χ1) is 9.58. The predicted molar refractivity (Wildman–Crippen MR) is 78.3 cm³/mol. The maximum Gasteiger partial charge on any atom is 0.319 e. The molecule has 1 aromatic heterocycles. The summed E-state index contributed by atoms with van der Waals surface area (Å²) < 4.78 is 0.826. The molecule has 0 aliphatic carbocycles. The number of hydrogen-bond acceptors (Lipinski definition) is 6. The van der Waals surface area contributed by atoms with Gasteiger partial charge in [-0.25, -0.2) is 4.98 Å². The maximum absolute atomic E-state index is 11.4. The van der Waals surface area contributed by atoms with Crippen molar-refractivity contribution in [3.8, 4) is 0 Å². The lowest BCUT2D eigenvalue weighted by molar-refractivity contribution is -0.382. The van der Waals surface area contributed by atoms with Crippen molar-refractivity contribution in [2.75, 3.05) is 18.0 Å². The Hall–Kier alpha value is -1.73. The third-order valence-corrected chi connectivity index (χ3v) is 4.68. The number of nitro groups is 1. The van der Waals surface area contributed by atoms with Crippen LogP contribution in [0.2, 0.25) is 0 Å². The molecule has 20 heavy (non-hydrogen) atoms. The first kappa shape index (κ1) is 13.3. The second kappa shape index (κ2) is 4.99. The molecule has 7 heteroatoms. The Morgan fingerprint density at radius 2 is 2.40 bits per heavy atom. The van der Waals surface area contributed by atoms with Gasteiger partial charge in [0.05, 0.1) is 21.2 Å². The molecule has 1 aromatic carbocycles. The molecule has 1 N–H and O–H groups in total. The quantitative estimate of drug-likeness (QED) is 0.694. The standard InChI is InChI=1S/C13H15N3O3S/c1-8(17)9-4-5-15(6-9)10-2-3-11-12(14-7-20-11)13(10)16(18)19/h2-3,7-9,17H,4-6H2,1H3. The Kier molecular flexibility index (Phi) is 3.31. The normalized spacial score (nSPS) is 20.5. The van der Waals surface area contributed by atoms with Gasteiger partial charge in [0, 0.05) is 19.0 Å². The van der Waals surface area contributed by atoms with Crippen LogP contribution in [0.1, 0.15) is 13.3 Å². The highest BCUT2D eigenvalue weighted by atomic mass is 32.1. The van der Waals surface area contributed by atoms with Crippen molar-refractivity contribution in [1.29, 1.82) is 0 Å².